The average Bonchev–Trinajstić information content (AvgIpc) is 3.26. The highest BCUT2D eigenvalue weighted by Gasteiger charge is 2.15. The largest absolute Gasteiger partial charge is 0.354 e. The van der Waals surface area contributed by atoms with E-state index in [0.717, 1.165) is 42.0 Å². The zero-order chi connectivity index (χ0) is 21.8. The molecule has 0 spiro atoms. The number of piperidine rings is 1. The van der Waals surface area contributed by atoms with Crippen molar-refractivity contribution in [3.8, 4) is 11.4 Å². The third-order valence-corrected chi connectivity index (χ3v) is 5.81. The van der Waals surface area contributed by atoms with E-state index in [2.05, 4.69) is 46.1 Å². The number of benzene rings is 1. The zero-order valence-corrected chi connectivity index (χ0v) is 18.2. The predicted molar refractivity (Wildman–Crippen MR) is 126 cm³/mol. The predicted octanol–water partition coefficient (Wildman–Crippen LogP) is 3.49. The van der Waals surface area contributed by atoms with Gasteiger partial charge < -0.3 is 16.0 Å². The minimum atomic E-state index is 0.520. The summed E-state index contributed by atoms with van der Waals surface area (Å²) < 4.78 is 0. The lowest BCUT2D eigenvalue weighted by molar-refractivity contribution is 0.389. The van der Waals surface area contributed by atoms with Crippen molar-refractivity contribution in [2.75, 3.05) is 30.3 Å². The van der Waals surface area contributed by atoms with E-state index in [1.807, 2.05) is 30.3 Å². The second kappa shape index (κ2) is 9.46. The number of fused-ring (bicyclic) bond motifs is 1. The maximum absolute atomic E-state index is 6.06. The third kappa shape index (κ3) is 4.79. The lowest BCUT2D eigenvalue weighted by atomic mass is 9.98. The second-order valence-corrected chi connectivity index (χ2v) is 8.29. The second-order valence-electron chi connectivity index (χ2n) is 7.85. The number of anilines is 2. The monoisotopic (exact) mass is 449 g/mol. The molecule has 5 rings (SSSR count). The number of aromatic amines is 1. The molecule has 0 bridgehead atoms. The van der Waals surface area contributed by atoms with Crippen molar-refractivity contribution >= 4 is 34.5 Å². The lowest BCUT2D eigenvalue weighted by Gasteiger charge is -2.22. The number of nitrogens with one attached hydrogen (secondary N) is 4. The summed E-state index contributed by atoms with van der Waals surface area (Å²) in [7, 11) is 0. The van der Waals surface area contributed by atoms with Gasteiger partial charge in [-0.3, -0.25) is 5.10 Å². The molecule has 0 radical (unpaired) electrons. The number of hydrogen-bond donors (Lipinski definition) is 4. The molecular weight excluding hydrogens is 426 g/mol. The van der Waals surface area contributed by atoms with Gasteiger partial charge in [-0.25, -0.2) is 15.0 Å². The molecule has 0 amide bonds. The van der Waals surface area contributed by atoms with Crippen LogP contribution in [0.4, 0.5) is 11.9 Å². The number of nitrogens with zero attached hydrogens (tertiary/aromatic N) is 5. The Kier molecular flexibility index (Phi) is 6.09. The standard InChI is InChI=1S/C22H24ClN9/c23-16-3-1-2-15(10-16)12-27-21-25-9-6-18(29-21)19-17-13-28-22(30-20(17)32-31-19)26-11-14-4-7-24-8-5-14/h1-3,6,9-10,13-14,24H,4-5,7-8,11-12H2,(H,25,27,29)(H2,26,28,30,31,32). The third-order valence-electron chi connectivity index (χ3n) is 5.57. The molecule has 1 aliphatic rings. The van der Waals surface area contributed by atoms with E-state index in [0.29, 0.717) is 35.0 Å². The summed E-state index contributed by atoms with van der Waals surface area (Å²) in [5.41, 5.74) is 3.14. The van der Waals surface area contributed by atoms with Crippen molar-refractivity contribution in [3.63, 3.8) is 0 Å². The van der Waals surface area contributed by atoms with Gasteiger partial charge in [-0.1, -0.05) is 23.7 Å². The van der Waals surface area contributed by atoms with E-state index in [9.17, 15) is 0 Å². The van der Waals surface area contributed by atoms with Crippen LogP contribution < -0.4 is 16.0 Å². The Morgan fingerprint density at radius 1 is 1.03 bits per heavy atom. The summed E-state index contributed by atoms with van der Waals surface area (Å²) in [4.78, 5) is 18.0. The lowest BCUT2D eigenvalue weighted by Crippen LogP contribution is -2.31. The van der Waals surface area contributed by atoms with Crippen molar-refractivity contribution in [1.82, 2.24) is 35.5 Å². The summed E-state index contributed by atoms with van der Waals surface area (Å²) in [6.07, 6.45) is 5.84. The highest BCUT2D eigenvalue weighted by Crippen LogP contribution is 2.24. The summed E-state index contributed by atoms with van der Waals surface area (Å²) in [5, 5.41) is 18.9. The van der Waals surface area contributed by atoms with Gasteiger partial charge in [-0.05, 0) is 55.6 Å². The van der Waals surface area contributed by atoms with Gasteiger partial charge in [0.2, 0.25) is 11.9 Å². The molecule has 10 heteroatoms. The molecule has 1 aliphatic heterocycles. The molecule has 4 N–H and O–H groups in total. The van der Waals surface area contributed by atoms with Crippen LogP contribution in [-0.4, -0.2) is 49.8 Å². The normalized spacial score (nSPS) is 14.5. The molecule has 1 saturated heterocycles. The number of hydrogen-bond acceptors (Lipinski definition) is 8. The Morgan fingerprint density at radius 3 is 2.78 bits per heavy atom. The van der Waals surface area contributed by atoms with E-state index in [1.165, 1.54) is 12.8 Å². The molecular formula is C22H24ClN9. The molecule has 0 unspecified atom stereocenters. The van der Waals surface area contributed by atoms with Gasteiger partial charge in [0.05, 0.1) is 16.8 Å². The van der Waals surface area contributed by atoms with Crippen LogP contribution in [0.2, 0.25) is 5.02 Å². The number of rotatable bonds is 7. The SMILES string of the molecule is Clc1cccc(CNc2nccc(-c3[nH]nc4nc(NCC5CCNCC5)ncc34)n2)c1. The van der Waals surface area contributed by atoms with Crippen molar-refractivity contribution < 1.29 is 0 Å². The van der Waals surface area contributed by atoms with E-state index in [4.69, 9.17) is 11.6 Å². The van der Waals surface area contributed by atoms with Crippen LogP contribution in [0.15, 0.2) is 42.7 Å². The Labute approximate surface area is 190 Å². The van der Waals surface area contributed by atoms with Crippen LogP contribution in [0.1, 0.15) is 18.4 Å². The quantitative estimate of drug-likeness (QED) is 0.339. The average molecular weight is 450 g/mol. The molecule has 4 aromatic rings. The highest BCUT2D eigenvalue weighted by atomic mass is 35.5. The summed E-state index contributed by atoms with van der Waals surface area (Å²) in [6.45, 7) is 3.59. The van der Waals surface area contributed by atoms with Crippen LogP contribution >= 0.6 is 11.6 Å². The Bertz CT molecular complexity index is 1200. The van der Waals surface area contributed by atoms with Gasteiger partial charge in [-0.2, -0.15) is 10.1 Å². The van der Waals surface area contributed by atoms with Gasteiger partial charge in [-0.15, -0.1) is 0 Å². The minimum absolute atomic E-state index is 0.520. The van der Waals surface area contributed by atoms with Crippen LogP contribution in [0.3, 0.4) is 0 Å². The van der Waals surface area contributed by atoms with E-state index in [1.54, 1.807) is 12.4 Å². The summed E-state index contributed by atoms with van der Waals surface area (Å²) >= 11 is 6.06. The van der Waals surface area contributed by atoms with Gasteiger partial charge in [0.15, 0.2) is 5.65 Å². The Hall–Kier alpha value is -3.30. The molecule has 32 heavy (non-hydrogen) atoms. The minimum Gasteiger partial charge on any atom is -0.354 e. The first-order chi connectivity index (χ1) is 15.7. The maximum Gasteiger partial charge on any atom is 0.224 e. The summed E-state index contributed by atoms with van der Waals surface area (Å²) in [6, 6.07) is 9.51. The first-order valence-corrected chi connectivity index (χ1v) is 11.1. The van der Waals surface area contributed by atoms with Crippen LogP contribution in [0.5, 0.6) is 0 Å². The zero-order valence-electron chi connectivity index (χ0n) is 17.5. The van der Waals surface area contributed by atoms with Crippen LogP contribution in [0, 0.1) is 5.92 Å². The fourth-order valence-corrected chi connectivity index (χ4v) is 4.03. The van der Waals surface area contributed by atoms with Crippen molar-refractivity contribution in [1.29, 1.82) is 0 Å². The molecule has 0 aliphatic carbocycles. The molecule has 4 heterocycles. The molecule has 0 atom stereocenters. The molecule has 1 fully saturated rings. The fourth-order valence-electron chi connectivity index (χ4n) is 3.82. The van der Waals surface area contributed by atoms with Gasteiger partial charge >= 0.3 is 0 Å². The molecule has 0 saturated carbocycles. The molecule has 164 valence electrons. The van der Waals surface area contributed by atoms with Gasteiger partial charge in [0.1, 0.15) is 0 Å². The smallest absolute Gasteiger partial charge is 0.224 e. The molecule has 3 aromatic heterocycles. The fraction of sp³-hybridized carbons (Fsp3) is 0.318. The van der Waals surface area contributed by atoms with E-state index in [-0.39, 0.29) is 0 Å². The van der Waals surface area contributed by atoms with Crippen LogP contribution in [0.25, 0.3) is 22.4 Å². The maximum atomic E-state index is 6.06. The van der Waals surface area contributed by atoms with Gasteiger partial charge in [0, 0.05) is 30.5 Å². The highest BCUT2D eigenvalue weighted by molar-refractivity contribution is 6.30. The van der Waals surface area contributed by atoms with E-state index < -0.39 is 0 Å². The summed E-state index contributed by atoms with van der Waals surface area (Å²) in [5.74, 6) is 1.76. The first kappa shape index (κ1) is 20.6. The topological polar surface area (TPSA) is 116 Å². The first-order valence-electron chi connectivity index (χ1n) is 10.7. The van der Waals surface area contributed by atoms with Crippen molar-refractivity contribution in [2.24, 2.45) is 5.92 Å². The number of H-pyrrole nitrogens is 1. The van der Waals surface area contributed by atoms with Crippen molar-refractivity contribution in [3.05, 3.63) is 53.3 Å². The van der Waals surface area contributed by atoms with Crippen molar-refractivity contribution in [2.45, 2.75) is 19.4 Å². The molecule has 1 aromatic carbocycles. The number of halogens is 1. The molecule has 9 nitrogen and oxygen atoms in total. The van der Waals surface area contributed by atoms with Gasteiger partial charge in [0.25, 0.3) is 0 Å². The Balaban J connectivity index is 1.29. The number of aromatic nitrogens is 6. The van der Waals surface area contributed by atoms with Crippen LogP contribution in [-0.2, 0) is 6.54 Å². The van der Waals surface area contributed by atoms with E-state index >= 15 is 0 Å². The Morgan fingerprint density at radius 2 is 1.91 bits per heavy atom.